The predicted molar refractivity (Wildman–Crippen MR) is 154 cm³/mol. The maximum Gasteiger partial charge on any atom is 0.229 e. The van der Waals surface area contributed by atoms with Gasteiger partial charge in [-0.05, 0) is 56.4 Å². The van der Waals surface area contributed by atoms with E-state index in [1.165, 1.54) is 0 Å². The number of benzene rings is 2. The lowest BCUT2D eigenvalue weighted by atomic mass is 10.1. The first kappa shape index (κ1) is 24.5. The second-order valence-electron chi connectivity index (χ2n) is 10.3. The van der Waals surface area contributed by atoms with Gasteiger partial charge in [-0.15, -0.1) is 0 Å². The van der Waals surface area contributed by atoms with E-state index < -0.39 is 7.14 Å². The Morgan fingerprint density at radius 2 is 1.87 bits per heavy atom. The zero-order chi connectivity index (χ0) is 26.4. The van der Waals surface area contributed by atoms with Crippen LogP contribution in [0.2, 0.25) is 0 Å². The predicted octanol–water partition coefficient (Wildman–Crippen LogP) is 5.41. The van der Waals surface area contributed by atoms with E-state index in [4.69, 9.17) is 9.72 Å². The summed E-state index contributed by atoms with van der Waals surface area (Å²) in [7, 11) is 1.27. The van der Waals surface area contributed by atoms with E-state index in [1.807, 2.05) is 53.5 Å². The minimum Gasteiger partial charge on any atom is -0.494 e. The minimum atomic E-state index is -2.48. The molecule has 9 nitrogen and oxygen atoms in total. The van der Waals surface area contributed by atoms with E-state index in [9.17, 15) is 4.57 Å². The number of hydrogen-bond donors (Lipinski definition) is 2. The molecule has 0 unspecified atom stereocenters. The largest absolute Gasteiger partial charge is 0.494 e. The van der Waals surface area contributed by atoms with Crippen molar-refractivity contribution in [2.75, 3.05) is 49.6 Å². The van der Waals surface area contributed by atoms with Gasteiger partial charge < -0.3 is 24.8 Å². The highest BCUT2D eigenvalue weighted by Crippen LogP contribution is 2.45. The fourth-order valence-electron chi connectivity index (χ4n) is 5.00. The van der Waals surface area contributed by atoms with Gasteiger partial charge in [0.05, 0.1) is 30.7 Å². The Morgan fingerprint density at radius 1 is 1.05 bits per heavy atom. The number of methoxy groups -OCH3 is 1. The molecule has 6 rings (SSSR count). The fourth-order valence-corrected chi connectivity index (χ4v) is 6.16. The molecular formula is C28H32N7O2P. The SMILES string of the molecule is COc1cc2c(cc1Nc1ncc(C3CC3)c(Nc3ccccc3P(C)(C)=O)n1)-c1ccnn1CCN2C. The number of para-hydroxylation sites is 1. The lowest BCUT2D eigenvalue weighted by Crippen LogP contribution is -2.21. The Morgan fingerprint density at radius 3 is 2.63 bits per heavy atom. The quantitative estimate of drug-likeness (QED) is 0.307. The highest BCUT2D eigenvalue weighted by atomic mass is 31.2. The molecule has 196 valence electrons. The van der Waals surface area contributed by atoms with Gasteiger partial charge in [-0.25, -0.2) is 4.98 Å². The van der Waals surface area contributed by atoms with E-state index in [1.54, 1.807) is 20.4 Å². The number of rotatable bonds is 7. The van der Waals surface area contributed by atoms with Crippen molar-refractivity contribution in [2.45, 2.75) is 25.3 Å². The molecular weight excluding hydrogens is 497 g/mol. The van der Waals surface area contributed by atoms with Crippen LogP contribution in [0.25, 0.3) is 11.3 Å². The van der Waals surface area contributed by atoms with Crippen molar-refractivity contribution in [2.24, 2.45) is 0 Å². The highest BCUT2D eigenvalue weighted by molar-refractivity contribution is 7.70. The van der Waals surface area contributed by atoms with Gasteiger partial charge in [0.15, 0.2) is 0 Å². The summed E-state index contributed by atoms with van der Waals surface area (Å²) in [6.07, 6.45) is 5.97. The molecule has 0 spiro atoms. The van der Waals surface area contributed by atoms with Crippen molar-refractivity contribution >= 4 is 41.3 Å². The van der Waals surface area contributed by atoms with Gasteiger partial charge in [0.25, 0.3) is 0 Å². The number of nitrogens with zero attached hydrogens (tertiary/aromatic N) is 5. The molecule has 0 atom stereocenters. The molecule has 4 aromatic rings. The van der Waals surface area contributed by atoms with Crippen LogP contribution >= 0.6 is 7.14 Å². The first-order valence-corrected chi connectivity index (χ1v) is 15.4. The molecule has 0 bridgehead atoms. The Balaban J connectivity index is 1.39. The van der Waals surface area contributed by atoms with Gasteiger partial charge in [0, 0.05) is 54.2 Å². The van der Waals surface area contributed by atoms with E-state index in [2.05, 4.69) is 38.7 Å². The number of likely N-dealkylation sites (N-methyl/N-ethyl adjacent to an activating group) is 1. The van der Waals surface area contributed by atoms with Crippen molar-refractivity contribution in [3.8, 4) is 17.0 Å². The highest BCUT2D eigenvalue weighted by Gasteiger charge is 2.29. The number of aromatic nitrogens is 4. The smallest absolute Gasteiger partial charge is 0.229 e. The van der Waals surface area contributed by atoms with Crippen LogP contribution in [0.5, 0.6) is 5.75 Å². The van der Waals surface area contributed by atoms with Crippen LogP contribution in [0.1, 0.15) is 24.3 Å². The van der Waals surface area contributed by atoms with Crippen LogP contribution < -0.4 is 25.6 Å². The molecule has 1 aliphatic heterocycles. The molecule has 2 aromatic heterocycles. The Hall–Kier alpha value is -3.84. The molecule has 1 saturated carbocycles. The second-order valence-corrected chi connectivity index (χ2v) is 13.5. The van der Waals surface area contributed by atoms with Crippen molar-refractivity contribution in [3.05, 3.63) is 60.4 Å². The van der Waals surface area contributed by atoms with Crippen LogP contribution in [-0.4, -0.2) is 53.8 Å². The summed E-state index contributed by atoms with van der Waals surface area (Å²) in [5.41, 5.74) is 5.86. The van der Waals surface area contributed by atoms with Crippen molar-refractivity contribution < 1.29 is 9.30 Å². The Bertz CT molecular complexity index is 1560. The lowest BCUT2D eigenvalue weighted by Gasteiger charge is -2.22. The average Bonchev–Trinajstić information content (AvgIpc) is 3.65. The normalized spacial score (nSPS) is 14.9. The molecule has 3 heterocycles. The zero-order valence-electron chi connectivity index (χ0n) is 22.1. The third-order valence-electron chi connectivity index (χ3n) is 7.19. The van der Waals surface area contributed by atoms with Crippen LogP contribution in [0.3, 0.4) is 0 Å². The monoisotopic (exact) mass is 529 g/mol. The Kier molecular flexibility index (Phi) is 6.11. The van der Waals surface area contributed by atoms with Crippen LogP contribution in [0.15, 0.2) is 54.9 Å². The summed E-state index contributed by atoms with van der Waals surface area (Å²) in [5, 5.41) is 12.2. The Labute approximate surface area is 222 Å². The first-order chi connectivity index (χ1) is 18.3. The van der Waals surface area contributed by atoms with Crippen LogP contribution in [0.4, 0.5) is 28.8 Å². The topological polar surface area (TPSA) is 97.2 Å². The van der Waals surface area contributed by atoms with E-state index in [0.29, 0.717) is 17.6 Å². The van der Waals surface area contributed by atoms with E-state index >= 15 is 0 Å². The third kappa shape index (κ3) is 4.63. The number of fused-ring (bicyclic) bond motifs is 3. The van der Waals surface area contributed by atoms with Crippen molar-refractivity contribution in [3.63, 3.8) is 0 Å². The molecule has 0 amide bonds. The molecule has 10 heteroatoms. The summed E-state index contributed by atoms with van der Waals surface area (Å²) in [4.78, 5) is 11.8. The third-order valence-corrected chi connectivity index (χ3v) is 8.74. The second kappa shape index (κ2) is 9.48. The van der Waals surface area contributed by atoms with Crippen LogP contribution in [0, 0.1) is 0 Å². The summed E-state index contributed by atoms with van der Waals surface area (Å²) >= 11 is 0. The molecule has 2 N–H and O–H groups in total. The van der Waals surface area contributed by atoms with Gasteiger partial charge in [0.2, 0.25) is 5.95 Å². The van der Waals surface area contributed by atoms with E-state index in [0.717, 1.165) is 70.9 Å². The number of nitrogens with one attached hydrogen (secondary N) is 2. The number of ether oxygens (including phenoxy) is 1. The standard InChI is InChI=1S/C28H32N7O2P/c1-34-13-14-35-23(11-12-30-35)19-15-22(25(37-2)16-24(19)34)32-28-29-17-20(18-9-10-18)27(33-28)31-21-7-5-6-8-26(21)38(3,4)36/h5-8,11-12,15-18H,9-10,13-14H2,1-4H3,(H2,29,31,32,33). The van der Waals surface area contributed by atoms with Crippen molar-refractivity contribution in [1.82, 2.24) is 19.7 Å². The molecule has 2 aromatic carbocycles. The molecule has 1 aliphatic carbocycles. The molecule has 0 saturated heterocycles. The van der Waals surface area contributed by atoms with Crippen molar-refractivity contribution in [1.29, 1.82) is 0 Å². The van der Waals surface area contributed by atoms with Gasteiger partial charge in [-0.3, -0.25) is 4.68 Å². The first-order valence-electron chi connectivity index (χ1n) is 12.8. The fraction of sp³-hybridized carbons (Fsp3) is 0.321. The maximum absolute atomic E-state index is 13.0. The minimum absolute atomic E-state index is 0.437. The van der Waals surface area contributed by atoms with E-state index in [-0.39, 0.29) is 0 Å². The summed E-state index contributed by atoms with van der Waals surface area (Å²) < 4.78 is 20.8. The molecule has 0 radical (unpaired) electrons. The molecule has 1 fully saturated rings. The maximum atomic E-state index is 13.0. The molecule has 2 aliphatic rings. The average molecular weight is 530 g/mol. The molecule has 38 heavy (non-hydrogen) atoms. The number of hydrogen-bond acceptors (Lipinski definition) is 8. The summed E-state index contributed by atoms with van der Waals surface area (Å²) in [6, 6.07) is 13.9. The number of anilines is 5. The van der Waals surface area contributed by atoms with Gasteiger partial charge in [0.1, 0.15) is 18.7 Å². The van der Waals surface area contributed by atoms with Crippen LogP contribution in [-0.2, 0) is 11.1 Å². The zero-order valence-corrected chi connectivity index (χ0v) is 23.0. The van der Waals surface area contributed by atoms with Gasteiger partial charge in [-0.2, -0.15) is 10.1 Å². The summed E-state index contributed by atoms with van der Waals surface area (Å²) in [5.74, 6) is 2.33. The lowest BCUT2D eigenvalue weighted by molar-refractivity contribution is 0.417. The summed E-state index contributed by atoms with van der Waals surface area (Å²) in [6.45, 7) is 5.23. The van der Waals surface area contributed by atoms with Gasteiger partial charge in [-0.1, -0.05) is 12.1 Å². The van der Waals surface area contributed by atoms with Gasteiger partial charge >= 0.3 is 0 Å².